The number of nitrogens with zero attached hydrogens (tertiary/aromatic N) is 1. The van der Waals surface area contributed by atoms with Crippen LogP contribution in [0.5, 0.6) is 0 Å². The van der Waals surface area contributed by atoms with Gasteiger partial charge in [0.1, 0.15) is 5.69 Å². The molecule has 0 saturated heterocycles. The molecule has 1 N–H and O–H groups in total. The topological polar surface area (TPSA) is 34.0 Å². The number of carbonyl (C=O) groups is 1. The van der Waals surface area contributed by atoms with Crippen molar-refractivity contribution in [3.05, 3.63) is 58.4 Å². The zero-order valence-electron chi connectivity index (χ0n) is 14.2. The predicted octanol–water partition coefficient (Wildman–Crippen LogP) is 3.99. The van der Waals surface area contributed by atoms with Crippen LogP contribution in [-0.4, -0.2) is 16.5 Å². The number of aryl methyl sites for hydroxylation is 3. The molecule has 0 aliphatic heterocycles. The number of carbonyl (C=O) groups excluding carboxylic acids is 1. The maximum Gasteiger partial charge on any atom is 0.268 e. The van der Waals surface area contributed by atoms with Crippen LogP contribution in [-0.2, 0) is 6.54 Å². The number of aromatic nitrogens is 1. The molecule has 0 spiro atoms. The van der Waals surface area contributed by atoms with E-state index in [2.05, 4.69) is 61.0 Å². The van der Waals surface area contributed by atoms with Gasteiger partial charge in [0, 0.05) is 18.3 Å². The Bertz CT molecular complexity index is 670. The Morgan fingerprint density at radius 2 is 1.95 bits per heavy atom. The van der Waals surface area contributed by atoms with Crippen molar-refractivity contribution in [2.24, 2.45) is 0 Å². The first-order valence-corrected chi connectivity index (χ1v) is 7.95. The summed E-state index contributed by atoms with van der Waals surface area (Å²) in [5, 5.41) is 3.08. The molecule has 3 nitrogen and oxygen atoms in total. The molecule has 1 heterocycles. The molecule has 0 radical (unpaired) electrons. The molecule has 0 unspecified atom stereocenters. The summed E-state index contributed by atoms with van der Waals surface area (Å²) in [5.74, 6) is 0.0209. The molecule has 22 heavy (non-hydrogen) atoms. The highest BCUT2D eigenvalue weighted by Crippen LogP contribution is 2.18. The fourth-order valence-corrected chi connectivity index (χ4v) is 2.74. The molecular weight excluding hydrogens is 272 g/mol. The number of benzene rings is 1. The smallest absolute Gasteiger partial charge is 0.268 e. The number of amides is 1. The van der Waals surface area contributed by atoms with Crippen LogP contribution in [0.3, 0.4) is 0 Å². The van der Waals surface area contributed by atoms with Crippen molar-refractivity contribution >= 4 is 5.91 Å². The van der Waals surface area contributed by atoms with E-state index in [9.17, 15) is 4.79 Å². The van der Waals surface area contributed by atoms with Crippen LogP contribution in [0.15, 0.2) is 30.3 Å². The quantitative estimate of drug-likeness (QED) is 0.889. The predicted molar refractivity (Wildman–Crippen MR) is 91.4 cm³/mol. The van der Waals surface area contributed by atoms with Gasteiger partial charge in [0.15, 0.2) is 0 Å². The molecule has 2 rings (SSSR count). The van der Waals surface area contributed by atoms with Gasteiger partial charge in [0.05, 0.1) is 0 Å². The Kier molecular flexibility index (Phi) is 5.07. The standard InChI is InChI=1S/C19H26N2O/c1-6-15(4)20-19(22)18-14(3)11-16(5)21(18)12-17-9-7-8-13(2)10-17/h7-11,15H,6,12H2,1-5H3,(H,20,22)/t15-/m0/s1. The summed E-state index contributed by atoms with van der Waals surface area (Å²) in [7, 11) is 0. The molecule has 3 heteroatoms. The lowest BCUT2D eigenvalue weighted by Gasteiger charge is -2.16. The summed E-state index contributed by atoms with van der Waals surface area (Å²) in [4.78, 5) is 12.6. The minimum Gasteiger partial charge on any atom is -0.348 e. The second-order valence-corrected chi connectivity index (χ2v) is 6.18. The van der Waals surface area contributed by atoms with Crippen molar-refractivity contribution in [3.63, 3.8) is 0 Å². The van der Waals surface area contributed by atoms with Gasteiger partial charge in [0.2, 0.25) is 0 Å². The highest BCUT2D eigenvalue weighted by molar-refractivity contribution is 5.94. The molecule has 0 aliphatic carbocycles. The summed E-state index contributed by atoms with van der Waals surface area (Å²) in [6.07, 6.45) is 0.933. The van der Waals surface area contributed by atoms with Gasteiger partial charge >= 0.3 is 0 Å². The number of rotatable bonds is 5. The zero-order chi connectivity index (χ0) is 16.3. The summed E-state index contributed by atoms with van der Waals surface area (Å²) in [6, 6.07) is 10.7. The van der Waals surface area contributed by atoms with Gasteiger partial charge in [-0.25, -0.2) is 0 Å². The lowest BCUT2D eigenvalue weighted by atomic mass is 10.1. The molecule has 1 amide bonds. The van der Waals surface area contributed by atoms with Crippen LogP contribution < -0.4 is 5.32 Å². The third kappa shape index (κ3) is 3.59. The molecule has 1 aromatic carbocycles. The van der Waals surface area contributed by atoms with Crippen LogP contribution >= 0.6 is 0 Å². The van der Waals surface area contributed by atoms with Crippen LogP contribution in [0.25, 0.3) is 0 Å². The van der Waals surface area contributed by atoms with E-state index < -0.39 is 0 Å². The highest BCUT2D eigenvalue weighted by atomic mass is 16.2. The van der Waals surface area contributed by atoms with Gasteiger partial charge in [-0.3, -0.25) is 4.79 Å². The van der Waals surface area contributed by atoms with Gasteiger partial charge in [-0.1, -0.05) is 36.8 Å². The SMILES string of the molecule is CC[C@H](C)NC(=O)c1c(C)cc(C)n1Cc1cccc(C)c1. The Labute approximate surface area is 133 Å². The van der Waals surface area contributed by atoms with E-state index in [0.29, 0.717) is 0 Å². The Hall–Kier alpha value is -2.03. The third-order valence-electron chi connectivity index (χ3n) is 4.12. The number of nitrogens with one attached hydrogen (secondary N) is 1. The van der Waals surface area contributed by atoms with E-state index in [-0.39, 0.29) is 11.9 Å². The maximum absolute atomic E-state index is 12.6. The van der Waals surface area contributed by atoms with Crippen molar-refractivity contribution < 1.29 is 4.79 Å². The van der Waals surface area contributed by atoms with Crippen LogP contribution in [0, 0.1) is 20.8 Å². The number of hydrogen-bond acceptors (Lipinski definition) is 1. The highest BCUT2D eigenvalue weighted by Gasteiger charge is 2.18. The summed E-state index contributed by atoms with van der Waals surface area (Å²) in [5.41, 5.74) is 5.39. The average molecular weight is 298 g/mol. The molecule has 0 aliphatic rings. The first-order valence-electron chi connectivity index (χ1n) is 7.95. The second kappa shape index (κ2) is 6.82. The molecular formula is C19H26N2O. The molecule has 0 saturated carbocycles. The first kappa shape index (κ1) is 16.3. The average Bonchev–Trinajstić information content (AvgIpc) is 2.73. The minimum atomic E-state index is 0.0209. The molecule has 0 bridgehead atoms. The van der Waals surface area contributed by atoms with E-state index in [1.807, 2.05) is 13.8 Å². The fraction of sp³-hybridized carbons (Fsp3) is 0.421. The molecule has 118 valence electrons. The van der Waals surface area contributed by atoms with Crippen molar-refractivity contribution in [3.8, 4) is 0 Å². The summed E-state index contributed by atoms with van der Waals surface area (Å²) in [6.45, 7) is 11.0. The zero-order valence-corrected chi connectivity index (χ0v) is 14.2. The first-order chi connectivity index (χ1) is 10.4. The van der Waals surface area contributed by atoms with Gasteiger partial charge in [-0.2, -0.15) is 0 Å². The third-order valence-corrected chi connectivity index (χ3v) is 4.12. The van der Waals surface area contributed by atoms with Crippen molar-refractivity contribution in [2.75, 3.05) is 0 Å². The monoisotopic (exact) mass is 298 g/mol. The lowest BCUT2D eigenvalue weighted by Crippen LogP contribution is -2.34. The molecule has 1 aromatic heterocycles. The van der Waals surface area contributed by atoms with Gasteiger partial charge < -0.3 is 9.88 Å². The van der Waals surface area contributed by atoms with Crippen molar-refractivity contribution in [2.45, 2.75) is 53.6 Å². The van der Waals surface area contributed by atoms with Gasteiger partial charge in [-0.05, 0) is 51.3 Å². The van der Waals surface area contributed by atoms with Crippen LogP contribution in [0.2, 0.25) is 0 Å². The van der Waals surface area contributed by atoms with E-state index >= 15 is 0 Å². The van der Waals surface area contributed by atoms with Crippen molar-refractivity contribution in [1.29, 1.82) is 0 Å². The Balaban J connectivity index is 2.33. The lowest BCUT2D eigenvalue weighted by molar-refractivity contribution is 0.0929. The molecule has 0 fully saturated rings. The van der Waals surface area contributed by atoms with Crippen molar-refractivity contribution in [1.82, 2.24) is 9.88 Å². The maximum atomic E-state index is 12.6. The Morgan fingerprint density at radius 3 is 2.59 bits per heavy atom. The number of hydrogen-bond donors (Lipinski definition) is 1. The van der Waals surface area contributed by atoms with Gasteiger partial charge in [-0.15, -0.1) is 0 Å². The van der Waals surface area contributed by atoms with Gasteiger partial charge in [0.25, 0.3) is 5.91 Å². The fourth-order valence-electron chi connectivity index (χ4n) is 2.74. The summed E-state index contributed by atoms with van der Waals surface area (Å²) >= 11 is 0. The Morgan fingerprint density at radius 1 is 1.23 bits per heavy atom. The van der Waals surface area contributed by atoms with E-state index in [1.165, 1.54) is 11.1 Å². The minimum absolute atomic E-state index is 0.0209. The van der Waals surface area contributed by atoms with E-state index in [0.717, 1.165) is 29.9 Å². The molecule has 1 atom stereocenters. The van der Waals surface area contributed by atoms with Crippen LogP contribution in [0.4, 0.5) is 0 Å². The van der Waals surface area contributed by atoms with Crippen LogP contribution in [0.1, 0.15) is 53.1 Å². The largest absolute Gasteiger partial charge is 0.348 e. The van der Waals surface area contributed by atoms with E-state index in [1.54, 1.807) is 0 Å². The summed E-state index contributed by atoms with van der Waals surface area (Å²) < 4.78 is 2.11. The molecule has 2 aromatic rings. The van der Waals surface area contributed by atoms with E-state index in [4.69, 9.17) is 0 Å². The normalized spacial score (nSPS) is 12.2. The second-order valence-electron chi connectivity index (χ2n) is 6.18.